The molecule has 0 saturated heterocycles. The van der Waals surface area contributed by atoms with Crippen LogP contribution in [0.1, 0.15) is 12.5 Å². The Hall–Kier alpha value is -2.62. The van der Waals surface area contributed by atoms with E-state index in [2.05, 4.69) is 51.8 Å². The summed E-state index contributed by atoms with van der Waals surface area (Å²) in [6.07, 6.45) is 1.04. The Balaban J connectivity index is 1.96. The van der Waals surface area contributed by atoms with Crippen LogP contribution in [0.3, 0.4) is 0 Å². The molecule has 0 aliphatic heterocycles. The van der Waals surface area contributed by atoms with Crippen molar-refractivity contribution in [3.05, 3.63) is 54.1 Å². The molecule has 0 aliphatic rings. The number of aromatic nitrogens is 2. The highest BCUT2D eigenvalue weighted by molar-refractivity contribution is 5.90. The molecular weight excluding hydrogens is 260 g/mol. The summed E-state index contributed by atoms with van der Waals surface area (Å²) in [7, 11) is 1.87. The standard InChI is InChI=1S/C17H18N4/c1-3-12-8-10-13(11-9-12)19-17-20-15-7-5-4-6-14(15)16(18-2)21-17/h4-11H,3H2,1-2H3,(H2,18,19,20,21). The third-order valence-corrected chi connectivity index (χ3v) is 3.46. The van der Waals surface area contributed by atoms with Crippen molar-refractivity contribution in [1.82, 2.24) is 9.97 Å². The number of para-hydroxylation sites is 1. The van der Waals surface area contributed by atoms with Crippen molar-refractivity contribution in [3.8, 4) is 0 Å². The zero-order chi connectivity index (χ0) is 14.7. The third kappa shape index (κ3) is 2.79. The summed E-state index contributed by atoms with van der Waals surface area (Å²) in [6.45, 7) is 2.15. The Morgan fingerprint density at radius 3 is 2.43 bits per heavy atom. The van der Waals surface area contributed by atoms with Crippen molar-refractivity contribution >= 4 is 28.4 Å². The van der Waals surface area contributed by atoms with Gasteiger partial charge >= 0.3 is 0 Å². The van der Waals surface area contributed by atoms with E-state index in [0.717, 1.165) is 28.8 Å². The van der Waals surface area contributed by atoms with E-state index in [1.807, 2.05) is 31.3 Å². The molecule has 106 valence electrons. The van der Waals surface area contributed by atoms with Crippen molar-refractivity contribution in [2.75, 3.05) is 17.7 Å². The highest BCUT2D eigenvalue weighted by Crippen LogP contribution is 2.23. The largest absolute Gasteiger partial charge is 0.372 e. The number of nitrogens with one attached hydrogen (secondary N) is 2. The lowest BCUT2D eigenvalue weighted by Crippen LogP contribution is -2.02. The summed E-state index contributed by atoms with van der Waals surface area (Å²) in [6, 6.07) is 16.3. The molecule has 1 aromatic heterocycles. The molecule has 3 rings (SSSR count). The normalized spacial score (nSPS) is 10.6. The fourth-order valence-corrected chi connectivity index (χ4v) is 2.28. The second kappa shape index (κ2) is 5.79. The number of hydrogen-bond acceptors (Lipinski definition) is 4. The summed E-state index contributed by atoms with van der Waals surface area (Å²) >= 11 is 0. The van der Waals surface area contributed by atoms with Gasteiger partial charge in [-0.15, -0.1) is 0 Å². The van der Waals surface area contributed by atoms with Crippen LogP contribution in [0.25, 0.3) is 10.9 Å². The summed E-state index contributed by atoms with van der Waals surface area (Å²) < 4.78 is 0. The number of anilines is 3. The molecule has 0 saturated carbocycles. The lowest BCUT2D eigenvalue weighted by atomic mass is 10.1. The summed E-state index contributed by atoms with van der Waals surface area (Å²) in [5.74, 6) is 1.43. The molecule has 21 heavy (non-hydrogen) atoms. The number of aryl methyl sites for hydroxylation is 1. The second-order valence-corrected chi connectivity index (χ2v) is 4.84. The fourth-order valence-electron chi connectivity index (χ4n) is 2.28. The predicted molar refractivity (Wildman–Crippen MR) is 88.2 cm³/mol. The van der Waals surface area contributed by atoms with Gasteiger partial charge in [0.15, 0.2) is 0 Å². The molecule has 3 aromatic rings. The van der Waals surface area contributed by atoms with Crippen LogP contribution < -0.4 is 10.6 Å². The van der Waals surface area contributed by atoms with Crippen LogP contribution >= 0.6 is 0 Å². The maximum absolute atomic E-state index is 4.56. The molecule has 0 atom stereocenters. The number of hydrogen-bond donors (Lipinski definition) is 2. The molecular formula is C17H18N4. The number of rotatable bonds is 4. The first-order valence-electron chi connectivity index (χ1n) is 7.10. The quantitative estimate of drug-likeness (QED) is 0.758. The molecule has 0 radical (unpaired) electrons. The predicted octanol–water partition coefficient (Wildman–Crippen LogP) is 3.98. The van der Waals surface area contributed by atoms with E-state index in [4.69, 9.17) is 0 Å². The van der Waals surface area contributed by atoms with Gasteiger partial charge in [-0.05, 0) is 36.2 Å². The summed E-state index contributed by atoms with van der Waals surface area (Å²) in [5, 5.41) is 7.40. The van der Waals surface area contributed by atoms with Crippen LogP contribution in [0.2, 0.25) is 0 Å². The highest BCUT2D eigenvalue weighted by Gasteiger charge is 2.06. The molecule has 0 spiro atoms. The third-order valence-electron chi connectivity index (χ3n) is 3.46. The lowest BCUT2D eigenvalue weighted by molar-refractivity contribution is 1.14. The molecule has 0 bridgehead atoms. The summed E-state index contributed by atoms with van der Waals surface area (Å²) in [4.78, 5) is 9.08. The minimum atomic E-state index is 0.599. The molecule has 0 aliphatic carbocycles. The van der Waals surface area contributed by atoms with Crippen molar-refractivity contribution in [3.63, 3.8) is 0 Å². The van der Waals surface area contributed by atoms with Gasteiger partial charge in [-0.2, -0.15) is 4.98 Å². The van der Waals surface area contributed by atoms with E-state index in [1.165, 1.54) is 5.56 Å². The highest BCUT2D eigenvalue weighted by atomic mass is 15.1. The number of benzene rings is 2. The number of fused-ring (bicyclic) bond motifs is 1. The monoisotopic (exact) mass is 278 g/mol. The van der Waals surface area contributed by atoms with Crippen LogP contribution in [0.5, 0.6) is 0 Å². The average molecular weight is 278 g/mol. The smallest absolute Gasteiger partial charge is 0.229 e. The van der Waals surface area contributed by atoms with Crippen LogP contribution in [-0.2, 0) is 6.42 Å². The van der Waals surface area contributed by atoms with Crippen molar-refractivity contribution < 1.29 is 0 Å². The van der Waals surface area contributed by atoms with E-state index >= 15 is 0 Å². The van der Waals surface area contributed by atoms with Gasteiger partial charge in [-0.1, -0.05) is 31.2 Å². The maximum Gasteiger partial charge on any atom is 0.229 e. The van der Waals surface area contributed by atoms with E-state index in [9.17, 15) is 0 Å². The maximum atomic E-state index is 4.56. The van der Waals surface area contributed by atoms with E-state index in [1.54, 1.807) is 0 Å². The Labute approximate surface area is 124 Å². The fraction of sp³-hybridized carbons (Fsp3) is 0.176. The first kappa shape index (κ1) is 13.4. The Morgan fingerprint density at radius 1 is 0.952 bits per heavy atom. The van der Waals surface area contributed by atoms with Gasteiger partial charge in [0.1, 0.15) is 5.82 Å². The molecule has 0 fully saturated rings. The average Bonchev–Trinajstić information content (AvgIpc) is 2.55. The zero-order valence-electron chi connectivity index (χ0n) is 12.2. The minimum absolute atomic E-state index is 0.599. The first-order chi connectivity index (χ1) is 10.3. The van der Waals surface area contributed by atoms with E-state index in [-0.39, 0.29) is 0 Å². The minimum Gasteiger partial charge on any atom is -0.372 e. The molecule has 2 N–H and O–H groups in total. The van der Waals surface area contributed by atoms with Gasteiger partial charge in [-0.3, -0.25) is 0 Å². The van der Waals surface area contributed by atoms with E-state index < -0.39 is 0 Å². The van der Waals surface area contributed by atoms with Gasteiger partial charge in [-0.25, -0.2) is 4.98 Å². The molecule has 4 heteroatoms. The molecule has 0 unspecified atom stereocenters. The van der Waals surface area contributed by atoms with E-state index in [0.29, 0.717) is 5.95 Å². The van der Waals surface area contributed by atoms with Gasteiger partial charge in [0.05, 0.1) is 5.52 Å². The topological polar surface area (TPSA) is 49.8 Å². The second-order valence-electron chi connectivity index (χ2n) is 4.84. The Morgan fingerprint density at radius 2 is 1.71 bits per heavy atom. The SMILES string of the molecule is CCc1ccc(Nc2nc(NC)c3ccccc3n2)cc1. The van der Waals surface area contributed by atoms with Crippen LogP contribution in [-0.4, -0.2) is 17.0 Å². The number of nitrogens with zero attached hydrogens (tertiary/aromatic N) is 2. The van der Waals surface area contributed by atoms with Crippen molar-refractivity contribution in [2.24, 2.45) is 0 Å². The van der Waals surface area contributed by atoms with Crippen molar-refractivity contribution in [1.29, 1.82) is 0 Å². The van der Waals surface area contributed by atoms with Crippen molar-refractivity contribution in [2.45, 2.75) is 13.3 Å². The lowest BCUT2D eigenvalue weighted by Gasteiger charge is -2.10. The summed E-state index contributed by atoms with van der Waals surface area (Å²) in [5.41, 5.74) is 3.23. The molecule has 4 nitrogen and oxygen atoms in total. The van der Waals surface area contributed by atoms with Gasteiger partial charge < -0.3 is 10.6 Å². The van der Waals surface area contributed by atoms with Crippen LogP contribution in [0.15, 0.2) is 48.5 Å². The van der Waals surface area contributed by atoms with Crippen LogP contribution in [0.4, 0.5) is 17.5 Å². The Kier molecular flexibility index (Phi) is 3.69. The molecule has 0 amide bonds. The van der Waals surface area contributed by atoms with Gasteiger partial charge in [0, 0.05) is 18.1 Å². The first-order valence-corrected chi connectivity index (χ1v) is 7.10. The Bertz CT molecular complexity index is 750. The van der Waals surface area contributed by atoms with Crippen LogP contribution in [0, 0.1) is 0 Å². The van der Waals surface area contributed by atoms with Gasteiger partial charge in [0.25, 0.3) is 0 Å². The van der Waals surface area contributed by atoms with Gasteiger partial charge in [0.2, 0.25) is 5.95 Å². The molecule has 1 heterocycles. The molecule has 2 aromatic carbocycles. The zero-order valence-corrected chi connectivity index (χ0v) is 12.2.